The number of nitrogens with zero attached hydrogens (tertiary/aromatic N) is 4. The van der Waals surface area contributed by atoms with Crippen LogP contribution in [0.15, 0.2) is 12.5 Å². The summed E-state index contributed by atoms with van der Waals surface area (Å²) in [5.74, 6) is 0.831. The molecule has 1 N–H and O–H groups in total. The van der Waals surface area contributed by atoms with Gasteiger partial charge in [-0.15, -0.1) is 0 Å². The molecule has 0 bridgehead atoms. The van der Waals surface area contributed by atoms with Crippen molar-refractivity contribution in [1.82, 2.24) is 24.3 Å². The van der Waals surface area contributed by atoms with Crippen molar-refractivity contribution in [2.45, 2.75) is 13.5 Å². The Morgan fingerprint density at radius 3 is 2.93 bits per heavy atom. The van der Waals surface area contributed by atoms with Crippen LogP contribution in [0.25, 0.3) is 11.5 Å². The van der Waals surface area contributed by atoms with Gasteiger partial charge in [0.1, 0.15) is 5.69 Å². The van der Waals surface area contributed by atoms with Gasteiger partial charge in [0.15, 0.2) is 10.6 Å². The lowest BCUT2D eigenvalue weighted by molar-refractivity contribution is 0.747. The lowest BCUT2D eigenvalue weighted by atomic mass is 10.4. The van der Waals surface area contributed by atoms with Crippen molar-refractivity contribution in [3.8, 4) is 11.5 Å². The van der Waals surface area contributed by atoms with Crippen LogP contribution in [0.1, 0.15) is 6.92 Å². The number of nitrogens with one attached hydrogen (secondary N) is 1. The Bertz CT molecular complexity index is 492. The summed E-state index contributed by atoms with van der Waals surface area (Å²) >= 11 is 5.10. The Morgan fingerprint density at radius 2 is 2.36 bits per heavy atom. The second kappa shape index (κ2) is 3.38. The molecule has 0 saturated heterocycles. The Hall–Kier alpha value is -1.43. The molecule has 74 valence electrons. The van der Waals surface area contributed by atoms with Gasteiger partial charge in [0.2, 0.25) is 0 Å². The predicted octanol–water partition coefficient (Wildman–Crippen LogP) is 1.36. The highest BCUT2D eigenvalue weighted by Gasteiger charge is 2.09. The molecule has 0 fully saturated rings. The number of rotatable bonds is 2. The number of aryl methyl sites for hydroxylation is 1. The predicted molar refractivity (Wildman–Crippen MR) is 55.3 cm³/mol. The van der Waals surface area contributed by atoms with Gasteiger partial charge in [-0.25, -0.2) is 4.98 Å². The molecule has 2 aromatic rings. The van der Waals surface area contributed by atoms with E-state index in [9.17, 15) is 0 Å². The summed E-state index contributed by atoms with van der Waals surface area (Å²) in [6, 6.07) is 0. The van der Waals surface area contributed by atoms with Crippen LogP contribution < -0.4 is 0 Å². The zero-order valence-corrected chi connectivity index (χ0v) is 8.88. The van der Waals surface area contributed by atoms with E-state index in [1.165, 1.54) is 0 Å². The average molecular weight is 209 g/mol. The monoisotopic (exact) mass is 209 g/mol. The lowest BCUT2D eigenvalue weighted by Gasteiger charge is -2.02. The molecule has 6 heteroatoms. The number of aromatic nitrogens is 5. The Morgan fingerprint density at radius 1 is 1.57 bits per heavy atom. The van der Waals surface area contributed by atoms with Gasteiger partial charge in [0, 0.05) is 13.6 Å². The summed E-state index contributed by atoms with van der Waals surface area (Å²) in [5.41, 5.74) is 0.958. The van der Waals surface area contributed by atoms with Gasteiger partial charge in [-0.3, -0.25) is 9.67 Å². The highest BCUT2D eigenvalue weighted by molar-refractivity contribution is 7.71. The maximum Gasteiger partial charge on any atom is 0.195 e. The molecule has 14 heavy (non-hydrogen) atoms. The zero-order chi connectivity index (χ0) is 10.1. The van der Waals surface area contributed by atoms with Crippen LogP contribution in [-0.4, -0.2) is 24.3 Å². The van der Waals surface area contributed by atoms with Gasteiger partial charge < -0.3 is 4.57 Å². The Balaban J connectivity index is 2.63. The summed E-state index contributed by atoms with van der Waals surface area (Å²) in [6.45, 7) is 2.83. The van der Waals surface area contributed by atoms with E-state index in [4.69, 9.17) is 12.2 Å². The molecule has 0 aliphatic heterocycles. The first kappa shape index (κ1) is 9.14. The van der Waals surface area contributed by atoms with Gasteiger partial charge in [0.05, 0.1) is 12.5 Å². The summed E-state index contributed by atoms with van der Waals surface area (Å²) < 4.78 is 4.49. The van der Waals surface area contributed by atoms with Crippen molar-refractivity contribution in [2.24, 2.45) is 7.05 Å². The van der Waals surface area contributed by atoms with Crippen molar-refractivity contribution in [3.63, 3.8) is 0 Å². The van der Waals surface area contributed by atoms with Gasteiger partial charge in [-0.2, -0.15) is 5.10 Å². The average Bonchev–Trinajstić information content (AvgIpc) is 2.71. The Labute approximate surface area is 86.4 Å². The second-order valence-corrected chi connectivity index (χ2v) is 3.37. The van der Waals surface area contributed by atoms with Crippen LogP contribution in [0, 0.1) is 4.77 Å². The van der Waals surface area contributed by atoms with E-state index < -0.39 is 0 Å². The topological polar surface area (TPSA) is 51.4 Å². The number of H-pyrrole nitrogens is 1. The van der Waals surface area contributed by atoms with Gasteiger partial charge in [-0.1, -0.05) is 0 Å². The minimum atomic E-state index is 0.642. The molecule has 0 aliphatic carbocycles. The van der Waals surface area contributed by atoms with Gasteiger partial charge in [-0.05, 0) is 19.1 Å². The summed E-state index contributed by atoms with van der Waals surface area (Å²) in [6.07, 6.45) is 3.52. The second-order valence-electron chi connectivity index (χ2n) is 2.99. The summed E-state index contributed by atoms with van der Waals surface area (Å²) in [7, 11) is 1.93. The van der Waals surface area contributed by atoms with Crippen molar-refractivity contribution in [1.29, 1.82) is 0 Å². The maximum atomic E-state index is 5.10. The number of hydrogen-bond donors (Lipinski definition) is 1. The smallest absolute Gasteiger partial charge is 0.195 e. The van der Waals surface area contributed by atoms with Crippen molar-refractivity contribution in [3.05, 3.63) is 17.3 Å². The standard InChI is InChI=1S/C8H11N5S/c1-3-13-7(10-11-8(13)14)6-4-9-5-12(6)2/h4-5H,3H2,1-2H3,(H,11,14). The first-order valence-corrected chi connectivity index (χ1v) is 4.76. The Kier molecular flexibility index (Phi) is 2.20. The highest BCUT2D eigenvalue weighted by atomic mass is 32.1. The summed E-state index contributed by atoms with van der Waals surface area (Å²) in [5, 5.41) is 6.95. The summed E-state index contributed by atoms with van der Waals surface area (Å²) in [4.78, 5) is 4.04. The number of aromatic amines is 1. The first-order chi connectivity index (χ1) is 6.74. The van der Waals surface area contributed by atoms with Crippen LogP contribution in [0.2, 0.25) is 0 Å². The van der Waals surface area contributed by atoms with Crippen LogP contribution in [0.4, 0.5) is 0 Å². The molecule has 0 aromatic carbocycles. The van der Waals surface area contributed by atoms with Gasteiger partial charge in [0.25, 0.3) is 0 Å². The molecule has 0 radical (unpaired) electrons. The quantitative estimate of drug-likeness (QED) is 0.760. The van der Waals surface area contributed by atoms with Crippen molar-refractivity contribution >= 4 is 12.2 Å². The van der Waals surface area contributed by atoms with E-state index in [1.807, 2.05) is 23.1 Å². The zero-order valence-electron chi connectivity index (χ0n) is 8.06. The molecule has 0 amide bonds. The van der Waals surface area contributed by atoms with E-state index in [0.29, 0.717) is 4.77 Å². The third-order valence-corrected chi connectivity index (χ3v) is 2.43. The van der Waals surface area contributed by atoms with E-state index in [2.05, 4.69) is 15.2 Å². The fraction of sp³-hybridized carbons (Fsp3) is 0.375. The maximum absolute atomic E-state index is 5.10. The lowest BCUT2D eigenvalue weighted by Crippen LogP contribution is -2.00. The van der Waals surface area contributed by atoms with Crippen molar-refractivity contribution in [2.75, 3.05) is 0 Å². The molecule has 0 aliphatic rings. The van der Waals surface area contributed by atoms with E-state index in [-0.39, 0.29) is 0 Å². The van der Waals surface area contributed by atoms with Crippen LogP contribution >= 0.6 is 12.2 Å². The SMILES string of the molecule is CCn1c(-c2cncn2C)n[nH]c1=S. The third-order valence-electron chi connectivity index (χ3n) is 2.12. The fourth-order valence-corrected chi connectivity index (χ4v) is 1.64. The molecule has 2 heterocycles. The number of imidazole rings is 1. The van der Waals surface area contributed by atoms with Gasteiger partial charge >= 0.3 is 0 Å². The molecule has 0 unspecified atom stereocenters. The molecular weight excluding hydrogens is 198 g/mol. The molecule has 0 saturated carbocycles. The number of hydrogen-bond acceptors (Lipinski definition) is 3. The van der Waals surface area contributed by atoms with Crippen LogP contribution in [0.5, 0.6) is 0 Å². The molecule has 2 rings (SSSR count). The van der Waals surface area contributed by atoms with E-state index in [0.717, 1.165) is 18.1 Å². The molecule has 0 atom stereocenters. The molecule has 0 spiro atoms. The first-order valence-electron chi connectivity index (χ1n) is 4.36. The van der Waals surface area contributed by atoms with E-state index >= 15 is 0 Å². The van der Waals surface area contributed by atoms with Crippen molar-refractivity contribution < 1.29 is 0 Å². The van der Waals surface area contributed by atoms with E-state index in [1.54, 1.807) is 12.5 Å². The van der Waals surface area contributed by atoms with Crippen LogP contribution in [-0.2, 0) is 13.6 Å². The minimum absolute atomic E-state index is 0.642. The van der Waals surface area contributed by atoms with Crippen LogP contribution in [0.3, 0.4) is 0 Å². The normalized spacial score (nSPS) is 10.7. The third kappa shape index (κ3) is 1.27. The largest absolute Gasteiger partial charge is 0.331 e. The highest BCUT2D eigenvalue weighted by Crippen LogP contribution is 2.15. The minimum Gasteiger partial charge on any atom is -0.331 e. The molecular formula is C8H11N5S. The fourth-order valence-electron chi connectivity index (χ4n) is 1.38. The molecule has 2 aromatic heterocycles. The molecule has 5 nitrogen and oxygen atoms in total.